The minimum absolute atomic E-state index is 0.0255. The van der Waals surface area contributed by atoms with Crippen LogP contribution in [-0.2, 0) is 19.1 Å². The van der Waals surface area contributed by atoms with Gasteiger partial charge in [0.05, 0.1) is 25.4 Å². The molecule has 0 saturated carbocycles. The lowest BCUT2D eigenvalue weighted by atomic mass is 10.2. The summed E-state index contributed by atoms with van der Waals surface area (Å²) in [4.78, 5) is 21.0. The van der Waals surface area contributed by atoms with Gasteiger partial charge in [-0.3, -0.25) is 4.79 Å². The molecule has 1 aliphatic rings. The normalized spacial score (nSPS) is 14.8. The van der Waals surface area contributed by atoms with Crippen LogP contribution >= 0.6 is 0 Å². The second-order valence-electron chi connectivity index (χ2n) is 3.51. The minimum Gasteiger partial charge on any atom is -0.466 e. The average Bonchev–Trinajstić information content (AvgIpc) is 2.57. The molecule has 0 aromatic heterocycles. The van der Waals surface area contributed by atoms with Crippen LogP contribution in [0.1, 0.15) is 32.6 Å². The molecule has 0 aromatic carbocycles. The number of carbonyl (C=O) groups is 2. The highest BCUT2D eigenvalue weighted by Crippen LogP contribution is 2.06. The van der Waals surface area contributed by atoms with E-state index in [1.807, 2.05) is 0 Å². The van der Waals surface area contributed by atoms with E-state index < -0.39 is 5.97 Å². The Bertz CT molecular complexity index is 250. The topological polar surface area (TPSA) is 72.8 Å². The molecule has 1 rings (SSSR count). The van der Waals surface area contributed by atoms with Crippen LogP contribution in [0.15, 0.2) is 12.2 Å². The van der Waals surface area contributed by atoms with Crippen LogP contribution in [0.2, 0.25) is 0 Å². The van der Waals surface area contributed by atoms with Crippen LogP contribution in [0.4, 0.5) is 0 Å². The molecule has 0 bridgehead atoms. The molecule has 0 unspecified atom stereocenters. The Labute approximate surface area is 101 Å². The lowest BCUT2D eigenvalue weighted by Gasteiger charge is -1.99. The summed E-state index contributed by atoms with van der Waals surface area (Å²) in [5, 5.41) is 8.33. The number of ether oxygens (including phenoxy) is 2. The van der Waals surface area contributed by atoms with Crippen LogP contribution in [0.5, 0.6) is 0 Å². The Kier molecular flexibility index (Phi) is 9.05. The summed E-state index contributed by atoms with van der Waals surface area (Å²) in [5.74, 6) is -0.553. The van der Waals surface area contributed by atoms with E-state index in [0.29, 0.717) is 19.6 Å². The first kappa shape index (κ1) is 15.6. The molecule has 1 heterocycles. The van der Waals surface area contributed by atoms with Gasteiger partial charge in [0.2, 0.25) is 0 Å². The maximum absolute atomic E-state index is 10.5. The van der Waals surface area contributed by atoms with Gasteiger partial charge in [-0.25, -0.2) is 4.79 Å². The van der Waals surface area contributed by atoms with E-state index in [1.165, 1.54) is 0 Å². The Morgan fingerprint density at radius 3 is 2.76 bits per heavy atom. The van der Waals surface area contributed by atoms with Crippen LogP contribution in [0.25, 0.3) is 0 Å². The number of hydrogen-bond donors (Lipinski definition) is 1. The third-order valence-corrected chi connectivity index (χ3v) is 2.04. The number of rotatable bonds is 3. The summed E-state index contributed by atoms with van der Waals surface area (Å²) in [6.45, 7) is 5.58. The van der Waals surface area contributed by atoms with Gasteiger partial charge in [-0.05, 0) is 26.2 Å². The molecule has 1 fully saturated rings. The van der Waals surface area contributed by atoms with Crippen LogP contribution < -0.4 is 0 Å². The molecule has 0 aromatic rings. The fraction of sp³-hybridized carbons (Fsp3) is 0.667. The van der Waals surface area contributed by atoms with Crippen molar-refractivity contribution in [3.8, 4) is 0 Å². The summed E-state index contributed by atoms with van der Waals surface area (Å²) in [5.41, 5.74) is 0.0943. The van der Waals surface area contributed by atoms with Gasteiger partial charge in [0, 0.05) is 6.42 Å². The first-order chi connectivity index (χ1) is 8.11. The molecular formula is C12H20O5. The number of hydrogen-bond acceptors (Lipinski definition) is 5. The van der Waals surface area contributed by atoms with Gasteiger partial charge < -0.3 is 14.6 Å². The molecule has 5 nitrogen and oxygen atoms in total. The van der Waals surface area contributed by atoms with Crippen molar-refractivity contribution in [1.82, 2.24) is 0 Å². The standard InChI is InChI=1S/C6H10O3.C6H10O2/c1-3-9-6(8)5(2)4-7;7-6-4-2-1-3-5-8-6/h7H,2-4H2,1H3;1-5H2. The molecule has 1 N–H and O–H groups in total. The van der Waals surface area contributed by atoms with E-state index in [1.54, 1.807) is 6.92 Å². The summed E-state index contributed by atoms with van der Waals surface area (Å²) in [6.07, 6.45) is 3.83. The number of carbonyl (C=O) groups excluding carboxylic acids is 2. The van der Waals surface area contributed by atoms with Crippen LogP contribution in [0.3, 0.4) is 0 Å². The predicted octanol–water partition coefficient (Wildman–Crippen LogP) is 1.20. The predicted molar refractivity (Wildman–Crippen MR) is 62.3 cm³/mol. The highest BCUT2D eigenvalue weighted by atomic mass is 16.5. The summed E-state index contributed by atoms with van der Waals surface area (Å²) in [7, 11) is 0. The van der Waals surface area contributed by atoms with Crippen molar-refractivity contribution >= 4 is 11.9 Å². The average molecular weight is 244 g/mol. The first-order valence-electron chi connectivity index (χ1n) is 5.73. The number of aliphatic hydroxyl groups excluding tert-OH is 1. The summed E-state index contributed by atoms with van der Waals surface area (Å²) in [6, 6.07) is 0. The van der Waals surface area contributed by atoms with Gasteiger partial charge in [-0.2, -0.15) is 0 Å². The highest BCUT2D eigenvalue weighted by Gasteiger charge is 2.05. The van der Waals surface area contributed by atoms with Crippen molar-refractivity contribution in [3.05, 3.63) is 12.2 Å². The van der Waals surface area contributed by atoms with Crippen molar-refractivity contribution in [2.45, 2.75) is 32.6 Å². The van der Waals surface area contributed by atoms with E-state index in [-0.39, 0.29) is 18.1 Å². The number of esters is 2. The number of cyclic esters (lactones) is 1. The van der Waals surface area contributed by atoms with Crippen molar-refractivity contribution in [1.29, 1.82) is 0 Å². The monoisotopic (exact) mass is 244 g/mol. The van der Waals surface area contributed by atoms with Gasteiger partial charge in [-0.15, -0.1) is 0 Å². The number of aliphatic hydroxyl groups is 1. The van der Waals surface area contributed by atoms with Crippen LogP contribution in [-0.4, -0.2) is 36.9 Å². The van der Waals surface area contributed by atoms with Gasteiger partial charge in [0.1, 0.15) is 0 Å². The molecule has 0 amide bonds. The molecule has 98 valence electrons. The van der Waals surface area contributed by atoms with Gasteiger partial charge in [-0.1, -0.05) is 6.58 Å². The van der Waals surface area contributed by atoms with Crippen molar-refractivity contribution in [2.24, 2.45) is 0 Å². The second kappa shape index (κ2) is 9.84. The first-order valence-corrected chi connectivity index (χ1v) is 5.73. The molecule has 0 radical (unpaired) electrons. The van der Waals surface area contributed by atoms with E-state index >= 15 is 0 Å². The van der Waals surface area contributed by atoms with Gasteiger partial charge in [0.25, 0.3) is 0 Å². The Morgan fingerprint density at radius 2 is 2.18 bits per heavy atom. The molecule has 1 aliphatic heterocycles. The van der Waals surface area contributed by atoms with E-state index in [2.05, 4.69) is 11.3 Å². The third kappa shape index (κ3) is 8.45. The van der Waals surface area contributed by atoms with E-state index in [9.17, 15) is 9.59 Å². The zero-order valence-electron chi connectivity index (χ0n) is 10.2. The Hall–Kier alpha value is -1.36. The third-order valence-electron chi connectivity index (χ3n) is 2.04. The summed E-state index contributed by atoms with van der Waals surface area (Å²) >= 11 is 0. The molecule has 0 aliphatic carbocycles. The SMILES string of the molecule is C=C(CO)C(=O)OCC.O=C1CCCCCO1. The zero-order valence-corrected chi connectivity index (χ0v) is 10.2. The lowest BCUT2D eigenvalue weighted by Crippen LogP contribution is -2.08. The van der Waals surface area contributed by atoms with Crippen LogP contribution in [0, 0.1) is 0 Å². The molecule has 0 atom stereocenters. The fourth-order valence-corrected chi connectivity index (χ4v) is 1.10. The smallest absolute Gasteiger partial charge is 0.335 e. The summed E-state index contributed by atoms with van der Waals surface area (Å²) < 4.78 is 9.26. The van der Waals surface area contributed by atoms with Gasteiger partial charge >= 0.3 is 11.9 Å². The Morgan fingerprint density at radius 1 is 1.47 bits per heavy atom. The largest absolute Gasteiger partial charge is 0.466 e. The molecular weight excluding hydrogens is 224 g/mol. The van der Waals surface area contributed by atoms with Crippen molar-refractivity contribution in [3.63, 3.8) is 0 Å². The molecule has 5 heteroatoms. The molecule has 1 saturated heterocycles. The van der Waals surface area contributed by atoms with Crippen molar-refractivity contribution in [2.75, 3.05) is 19.8 Å². The molecule has 0 spiro atoms. The zero-order chi connectivity index (χ0) is 13.1. The lowest BCUT2D eigenvalue weighted by molar-refractivity contribution is -0.142. The molecule has 17 heavy (non-hydrogen) atoms. The maximum atomic E-state index is 10.5. The van der Waals surface area contributed by atoms with E-state index in [4.69, 9.17) is 9.84 Å². The maximum Gasteiger partial charge on any atom is 0.335 e. The highest BCUT2D eigenvalue weighted by molar-refractivity contribution is 5.87. The minimum atomic E-state index is -0.528. The fourth-order valence-electron chi connectivity index (χ4n) is 1.10. The van der Waals surface area contributed by atoms with Crippen molar-refractivity contribution < 1.29 is 24.2 Å². The second-order valence-corrected chi connectivity index (χ2v) is 3.51. The Balaban J connectivity index is 0.000000302. The van der Waals surface area contributed by atoms with Gasteiger partial charge in [0.15, 0.2) is 0 Å². The quantitative estimate of drug-likeness (QED) is 0.596. The van der Waals surface area contributed by atoms with E-state index in [0.717, 1.165) is 19.3 Å².